The van der Waals surface area contributed by atoms with Crippen LogP contribution in [0.5, 0.6) is 11.5 Å². The number of nitrogens with zero attached hydrogens (tertiary/aromatic N) is 2. The quantitative estimate of drug-likeness (QED) is 0.419. The maximum absolute atomic E-state index is 13.5. The Kier molecular flexibility index (Phi) is 10.8. The van der Waals surface area contributed by atoms with Crippen molar-refractivity contribution in [2.45, 2.75) is 45.8 Å². The summed E-state index contributed by atoms with van der Waals surface area (Å²) >= 11 is 1.74. The lowest BCUT2D eigenvalue weighted by Gasteiger charge is -2.37. The number of carbonyl (C=O) groups excluding carboxylic acids is 1. The molecule has 35 heavy (non-hydrogen) atoms. The zero-order chi connectivity index (χ0) is 25.2. The molecule has 0 saturated carbocycles. The molecule has 8 heteroatoms. The molecule has 0 radical (unpaired) electrons. The molecule has 0 aliphatic carbocycles. The Labute approximate surface area is 213 Å². The van der Waals surface area contributed by atoms with Crippen LogP contribution in [0.2, 0.25) is 0 Å². The number of methoxy groups -OCH3 is 1. The molecule has 2 heterocycles. The summed E-state index contributed by atoms with van der Waals surface area (Å²) in [6, 6.07) is 9.50. The van der Waals surface area contributed by atoms with Gasteiger partial charge < -0.3 is 24.2 Å². The number of thiophene rings is 1. The molecule has 0 bridgehead atoms. The van der Waals surface area contributed by atoms with Gasteiger partial charge in [-0.2, -0.15) is 0 Å². The van der Waals surface area contributed by atoms with Gasteiger partial charge in [-0.25, -0.2) is 0 Å². The van der Waals surface area contributed by atoms with Gasteiger partial charge in [0.15, 0.2) is 0 Å². The fourth-order valence-electron chi connectivity index (χ4n) is 4.36. The van der Waals surface area contributed by atoms with Gasteiger partial charge in [0.25, 0.3) is 0 Å². The Morgan fingerprint density at radius 3 is 2.80 bits per heavy atom. The highest BCUT2D eigenvalue weighted by molar-refractivity contribution is 7.10. The molecule has 0 unspecified atom stereocenters. The zero-order valence-electron chi connectivity index (χ0n) is 21.4. The molecule has 194 valence electrons. The van der Waals surface area contributed by atoms with Crippen LogP contribution in [0.4, 0.5) is 0 Å². The van der Waals surface area contributed by atoms with Gasteiger partial charge in [-0.3, -0.25) is 9.69 Å². The molecular formula is C27H40N2O5S. The van der Waals surface area contributed by atoms with Crippen LogP contribution >= 0.6 is 11.3 Å². The monoisotopic (exact) mass is 504 g/mol. The van der Waals surface area contributed by atoms with Gasteiger partial charge in [0.2, 0.25) is 5.91 Å². The highest BCUT2D eigenvalue weighted by Gasteiger charge is 2.33. The summed E-state index contributed by atoms with van der Waals surface area (Å²) < 4.78 is 17.0. The molecule has 3 rings (SSSR count). The number of ether oxygens (including phenoxy) is 3. The van der Waals surface area contributed by atoms with E-state index in [0.29, 0.717) is 32.2 Å². The largest absolute Gasteiger partial charge is 0.497 e. The van der Waals surface area contributed by atoms with Crippen molar-refractivity contribution in [3.63, 3.8) is 0 Å². The predicted molar refractivity (Wildman–Crippen MR) is 139 cm³/mol. The van der Waals surface area contributed by atoms with Crippen LogP contribution in [0, 0.1) is 5.92 Å². The lowest BCUT2D eigenvalue weighted by atomic mass is 10.0. The smallest absolute Gasteiger partial charge is 0.237 e. The molecule has 7 nitrogen and oxygen atoms in total. The maximum atomic E-state index is 13.5. The minimum atomic E-state index is -0.620. The summed E-state index contributed by atoms with van der Waals surface area (Å²) in [5.41, 5.74) is 1.17. The normalized spacial score (nSPS) is 16.4. The van der Waals surface area contributed by atoms with Gasteiger partial charge in [0, 0.05) is 30.6 Å². The number of hydrogen-bond donors (Lipinski definition) is 1. The second-order valence-electron chi connectivity index (χ2n) is 9.46. The Bertz CT molecular complexity index is 918. The standard InChI is InChI=1S/C27H40N2O5S/c1-5-11-28(15-21(30)18-33-17-20(2)3)16-27(31)29-12-9-26-24(10-13-35-26)25(29)19-34-23-8-6-7-22(14-23)32-4/h6-8,10,13-14,20-21,25,30H,5,9,11-12,15-19H2,1-4H3/t21-,25+/m1/s1. The molecule has 0 spiro atoms. The molecule has 1 aliphatic heterocycles. The van der Waals surface area contributed by atoms with Crippen molar-refractivity contribution in [3.05, 3.63) is 46.2 Å². The van der Waals surface area contributed by atoms with Crippen LogP contribution in [-0.4, -0.2) is 80.0 Å². The molecule has 1 amide bonds. The fourth-order valence-corrected chi connectivity index (χ4v) is 5.29. The van der Waals surface area contributed by atoms with Crippen molar-refractivity contribution in [2.24, 2.45) is 5.92 Å². The summed E-state index contributed by atoms with van der Waals surface area (Å²) in [5.74, 6) is 1.94. The van der Waals surface area contributed by atoms with E-state index in [1.54, 1.807) is 18.4 Å². The molecule has 0 saturated heterocycles. The van der Waals surface area contributed by atoms with E-state index in [0.717, 1.165) is 30.9 Å². The van der Waals surface area contributed by atoms with Gasteiger partial charge in [-0.1, -0.05) is 26.8 Å². The molecule has 1 aliphatic rings. The molecule has 0 fully saturated rings. The van der Waals surface area contributed by atoms with Gasteiger partial charge >= 0.3 is 0 Å². The number of fused-ring (bicyclic) bond motifs is 1. The van der Waals surface area contributed by atoms with Gasteiger partial charge in [-0.15, -0.1) is 11.3 Å². The van der Waals surface area contributed by atoms with Crippen LogP contribution in [0.3, 0.4) is 0 Å². The summed E-state index contributed by atoms with van der Waals surface area (Å²) in [6.07, 6.45) is 1.14. The lowest BCUT2D eigenvalue weighted by molar-refractivity contribution is -0.136. The predicted octanol–water partition coefficient (Wildman–Crippen LogP) is 4.01. The third-order valence-electron chi connectivity index (χ3n) is 5.99. The number of amides is 1. The Hall–Kier alpha value is -2.13. The van der Waals surface area contributed by atoms with Crippen LogP contribution < -0.4 is 9.47 Å². The van der Waals surface area contributed by atoms with Crippen molar-refractivity contribution in [3.8, 4) is 11.5 Å². The summed E-state index contributed by atoms with van der Waals surface area (Å²) in [6.45, 7) is 9.63. The zero-order valence-corrected chi connectivity index (χ0v) is 22.3. The van der Waals surface area contributed by atoms with E-state index in [-0.39, 0.29) is 25.1 Å². The topological polar surface area (TPSA) is 71.5 Å². The fraction of sp³-hybridized carbons (Fsp3) is 0.593. The van der Waals surface area contributed by atoms with Gasteiger partial charge in [-0.05, 0) is 54.4 Å². The summed E-state index contributed by atoms with van der Waals surface area (Å²) in [5, 5.41) is 12.6. The first kappa shape index (κ1) is 27.5. The third kappa shape index (κ3) is 8.20. The lowest BCUT2D eigenvalue weighted by Crippen LogP contribution is -2.48. The van der Waals surface area contributed by atoms with Crippen molar-refractivity contribution >= 4 is 17.2 Å². The first-order valence-electron chi connectivity index (χ1n) is 12.5. The Morgan fingerprint density at radius 2 is 2.06 bits per heavy atom. The average molecular weight is 505 g/mol. The molecular weight excluding hydrogens is 464 g/mol. The molecule has 2 atom stereocenters. The van der Waals surface area contributed by atoms with Crippen LogP contribution in [0.15, 0.2) is 35.7 Å². The number of carbonyl (C=O) groups is 1. The highest BCUT2D eigenvalue weighted by Crippen LogP contribution is 2.34. The Morgan fingerprint density at radius 1 is 1.26 bits per heavy atom. The number of benzene rings is 1. The number of aliphatic hydroxyl groups excluding tert-OH is 1. The van der Waals surface area contributed by atoms with E-state index in [2.05, 4.69) is 32.2 Å². The SMILES string of the molecule is CCCN(CC(=O)N1CCc2sccc2[C@@H]1COc1cccc(OC)c1)C[C@@H](O)COCC(C)C. The van der Waals surface area contributed by atoms with Crippen molar-refractivity contribution < 1.29 is 24.1 Å². The minimum absolute atomic E-state index is 0.0600. The molecule has 2 aromatic rings. The summed E-state index contributed by atoms with van der Waals surface area (Å²) in [7, 11) is 1.63. The first-order valence-corrected chi connectivity index (χ1v) is 13.4. The van der Waals surface area contributed by atoms with Gasteiger partial charge in [0.1, 0.15) is 18.1 Å². The maximum Gasteiger partial charge on any atom is 0.237 e. The number of aliphatic hydroxyl groups is 1. The van der Waals surface area contributed by atoms with E-state index in [9.17, 15) is 9.90 Å². The number of hydrogen-bond acceptors (Lipinski definition) is 7. The minimum Gasteiger partial charge on any atom is -0.497 e. The number of rotatable bonds is 14. The van der Waals surface area contributed by atoms with Crippen molar-refractivity contribution in [1.29, 1.82) is 0 Å². The van der Waals surface area contributed by atoms with Crippen LogP contribution in [0.1, 0.15) is 43.7 Å². The molecule has 1 N–H and O–H groups in total. The third-order valence-corrected chi connectivity index (χ3v) is 6.99. The van der Waals surface area contributed by atoms with Crippen LogP contribution in [-0.2, 0) is 16.0 Å². The molecule has 1 aromatic carbocycles. The van der Waals surface area contributed by atoms with E-state index in [4.69, 9.17) is 14.2 Å². The van der Waals surface area contributed by atoms with E-state index < -0.39 is 6.10 Å². The van der Waals surface area contributed by atoms with Crippen LogP contribution in [0.25, 0.3) is 0 Å². The van der Waals surface area contributed by atoms with E-state index in [1.807, 2.05) is 34.1 Å². The second-order valence-corrected chi connectivity index (χ2v) is 10.5. The van der Waals surface area contributed by atoms with Gasteiger partial charge in [0.05, 0.1) is 32.4 Å². The Balaban J connectivity index is 1.65. The van der Waals surface area contributed by atoms with Crippen molar-refractivity contribution in [2.75, 3.05) is 53.1 Å². The second kappa shape index (κ2) is 13.8. The van der Waals surface area contributed by atoms with E-state index in [1.165, 1.54) is 10.4 Å². The molecule has 1 aromatic heterocycles. The van der Waals surface area contributed by atoms with Crippen molar-refractivity contribution in [1.82, 2.24) is 9.80 Å². The first-order chi connectivity index (χ1) is 16.9. The summed E-state index contributed by atoms with van der Waals surface area (Å²) in [4.78, 5) is 18.8. The average Bonchev–Trinajstić information content (AvgIpc) is 3.31. The highest BCUT2D eigenvalue weighted by atomic mass is 32.1. The van der Waals surface area contributed by atoms with E-state index >= 15 is 0 Å².